The van der Waals surface area contributed by atoms with Gasteiger partial charge in [-0.1, -0.05) is 6.07 Å². The highest BCUT2D eigenvalue weighted by Crippen LogP contribution is 2.22. The van der Waals surface area contributed by atoms with Gasteiger partial charge in [0.2, 0.25) is 0 Å². The van der Waals surface area contributed by atoms with Crippen molar-refractivity contribution in [2.24, 2.45) is 0 Å². The van der Waals surface area contributed by atoms with E-state index in [1.54, 1.807) is 43.4 Å². The van der Waals surface area contributed by atoms with Gasteiger partial charge in [0, 0.05) is 18.4 Å². The molecule has 0 saturated carbocycles. The van der Waals surface area contributed by atoms with Crippen molar-refractivity contribution in [2.75, 3.05) is 17.7 Å². The predicted octanol–water partition coefficient (Wildman–Crippen LogP) is 3.45. The number of nitrogens with zero attached hydrogens (tertiary/aromatic N) is 1. The van der Waals surface area contributed by atoms with Crippen LogP contribution in [0, 0.1) is 5.82 Å². The van der Waals surface area contributed by atoms with Gasteiger partial charge in [-0.3, -0.25) is 4.79 Å². The van der Waals surface area contributed by atoms with Crippen molar-refractivity contribution < 1.29 is 9.18 Å². The molecule has 0 heterocycles. The van der Waals surface area contributed by atoms with Gasteiger partial charge in [0.1, 0.15) is 5.82 Å². The Bertz CT molecular complexity index is 613. The van der Waals surface area contributed by atoms with Crippen LogP contribution < -0.4 is 10.6 Å². The lowest BCUT2D eigenvalue weighted by atomic mass is 10.1. The first-order valence-corrected chi connectivity index (χ1v) is 6.37. The minimum Gasteiger partial charge on any atom is -0.399 e. The monoisotopic (exact) mass is 322 g/mol. The Hall–Kier alpha value is -1.88. The Morgan fingerprint density at radius 3 is 2.47 bits per heavy atom. The van der Waals surface area contributed by atoms with Crippen LogP contribution >= 0.6 is 15.9 Å². The lowest BCUT2D eigenvalue weighted by Crippen LogP contribution is -2.27. The number of anilines is 2. The van der Waals surface area contributed by atoms with Crippen LogP contribution in [0.15, 0.2) is 46.9 Å². The van der Waals surface area contributed by atoms with Gasteiger partial charge in [-0.05, 0) is 52.3 Å². The summed E-state index contributed by atoms with van der Waals surface area (Å²) in [5.74, 6) is -0.974. The molecule has 98 valence electrons. The molecule has 2 N–H and O–H groups in total. The van der Waals surface area contributed by atoms with E-state index in [0.717, 1.165) is 0 Å². The quantitative estimate of drug-likeness (QED) is 0.861. The SMILES string of the molecule is CN(C(=O)c1cccc(Br)c1F)c1ccc(N)cc1. The second-order valence-corrected chi connectivity index (χ2v) is 4.91. The van der Waals surface area contributed by atoms with Crippen LogP contribution in [0.4, 0.5) is 15.8 Å². The third kappa shape index (κ3) is 2.76. The molecule has 0 aromatic heterocycles. The summed E-state index contributed by atoms with van der Waals surface area (Å²) in [6, 6.07) is 11.4. The van der Waals surface area contributed by atoms with Gasteiger partial charge in [0.25, 0.3) is 5.91 Å². The molecule has 2 aromatic rings. The van der Waals surface area contributed by atoms with Gasteiger partial charge in [-0.15, -0.1) is 0 Å². The summed E-state index contributed by atoms with van der Waals surface area (Å²) < 4.78 is 14.1. The number of hydrogen-bond acceptors (Lipinski definition) is 2. The van der Waals surface area contributed by atoms with Crippen molar-refractivity contribution in [1.29, 1.82) is 0 Å². The van der Waals surface area contributed by atoms with E-state index in [4.69, 9.17) is 5.73 Å². The van der Waals surface area contributed by atoms with Crippen molar-refractivity contribution in [2.45, 2.75) is 0 Å². The number of amides is 1. The zero-order valence-electron chi connectivity index (χ0n) is 10.2. The minimum absolute atomic E-state index is 0.0219. The summed E-state index contributed by atoms with van der Waals surface area (Å²) in [6.07, 6.45) is 0. The van der Waals surface area contributed by atoms with Crippen LogP contribution in [0.3, 0.4) is 0 Å². The molecule has 5 heteroatoms. The zero-order valence-corrected chi connectivity index (χ0v) is 11.8. The van der Waals surface area contributed by atoms with Crippen molar-refractivity contribution >= 4 is 33.2 Å². The number of carbonyl (C=O) groups excluding carboxylic acids is 1. The van der Waals surface area contributed by atoms with E-state index < -0.39 is 11.7 Å². The molecule has 0 saturated heterocycles. The van der Waals surface area contributed by atoms with Gasteiger partial charge in [0.05, 0.1) is 10.0 Å². The molecule has 0 radical (unpaired) electrons. The lowest BCUT2D eigenvalue weighted by molar-refractivity contribution is 0.0989. The first-order chi connectivity index (χ1) is 9.00. The Kier molecular flexibility index (Phi) is 3.85. The minimum atomic E-state index is -0.560. The van der Waals surface area contributed by atoms with Gasteiger partial charge in [0.15, 0.2) is 0 Å². The van der Waals surface area contributed by atoms with Gasteiger partial charge >= 0.3 is 0 Å². The molecule has 2 rings (SSSR count). The third-order valence-corrected chi connectivity index (χ3v) is 3.38. The molecule has 2 aromatic carbocycles. The smallest absolute Gasteiger partial charge is 0.261 e. The number of halogens is 2. The largest absolute Gasteiger partial charge is 0.399 e. The van der Waals surface area contributed by atoms with Crippen LogP contribution in [-0.2, 0) is 0 Å². The molecule has 0 aliphatic carbocycles. The summed E-state index contributed by atoms with van der Waals surface area (Å²) in [5.41, 5.74) is 6.87. The molecule has 0 spiro atoms. The molecule has 1 amide bonds. The Labute approximate surface area is 119 Å². The molecule has 0 aliphatic rings. The van der Waals surface area contributed by atoms with E-state index in [-0.39, 0.29) is 10.0 Å². The summed E-state index contributed by atoms with van der Waals surface area (Å²) >= 11 is 3.07. The molecule has 0 atom stereocenters. The maximum Gasteiger partial charge on any atom is 0.261 e. The number of nitrogen functional groups attached to an aromatic ring is 1. The summed E-state index contributed by atoms with van der Waals surface area (Å²) in [4.78, 5) is 13.6. The Balaban J connectivity index is 2.33. The molecular weight excluding hydrogens is 311 g/mol. The fourth-order valence-electron chi connectivity index (χ4n) is 1.66. The molecule has 0 bridgehead atoms. The molecule has 0 aliphatic heterocycles. The zero-order chi connectivity index (χ0) is 14.0. The Morgan fingerprint density at radius 1 is 1.21 bits per heavy atom. The molecule has 0 fully saturated rings. The second-order valence-electron chi connectivity index (χ2n) is 4.06. The molecule has 19 heavy (non-hydrogen) atoms. The van der Waals surface area contributed by atoms with Crippen LogP contribution in [-0.4, -0.2) is 13.0 Å². The highest BCUT2D eigenvalue weighted by Gasteiger charge is 2.18. The summed E-state index contributed by atoms with van der Waals surface area (Å²) in [5, 5.41) is 0. The standard InChI is InChI=1S/C14H12BrFN2O/c1-18(10-7-5-9(17)6-8-10)14(19)11-3-2-4-12(15)13(11)16/h2-8H,17H2,1H3. The summed E-state index contributed by atoms with van der Waals surface area (Å²) in [6.45, 7) is 0. The van der Waals surface area contributed by atoms with Gasteiger partial charge in [-0.2, -0.15) is 0 Å². The van der Waals surface area contributed by atoms with E-state index in [1.807, 2.05) is 0 Å². The van der Waals surface area contributed by atoms with Crippen LogP contribution in [0.2, 0.25) is 0 Å². The molecule has 0 unspecified atom stereocenters. The maximum atomic E-state index is 13.9. The first-order valence-electron chi connectivity index (χ1n) is 5.58. The van der Waals surface area contributed by atoms with Crippen molar-refractivity contribution in [3.05, 3.63) is 58.3 Å². The molecular formula is C14H12BrFN2O. The average Bonchev–Trinajstić information content (AvgIpc) is 2.41. The highest BCUT2D eigenvalue weighted by molar-refractivity contribution is 9.10. The number of benzene rings is 2. The van der Waals surface area contributed by atoms with Crippen LogP contribution in [0.1, 0.15) is 10.4 Å². The van der Waals surface area contributed by atoms with Crippen LogP contribution in [0.25, 0.3) is 0 Å². The van der Waals surface area contributed by atoms with E-state index >= 15 is 0 Å². The lowest BCUT2D eigenvalue weighted by Gasteiger charge is -2.18. The van der Waals surface area contributed by atoms with Gasteiger partial charge < -0.3 is 10.6 Å². The van der Waals surface area contributed by atoms with Gasteiger partial charge in [-0.25, -0.2) is 4.39 Å². The van der Waals surface area contributed by atoms with Crippen molar-refractivity contribution in [3.8, 4) is 0 Å². The maximum absolute atomic E-state index is 13.9. The fourth-order valence-corrected chi connectivity index (χ4v) is 2.03. The predicted molar refractivity (Wildman–Crippen MR) is 77.7 cm³/mol. The average molecular weight is 323 g/mol. The van der Waals surface area contributed by atoms with E-state index in [2.05, 4.69) is 15.9 Å². The normalized spacial score (nSPS) is 10.3. The first kappa shape index (κ1) is 13.5. The van der Waals surface area contributed by atoms with E-state index in [0.29, 0.717) is 11.4 Å². The molecule has 3 nitrogen and oxygen atoms in total. The van der Waals surface area contributed by atoms with Crippen LogP contribution in [0.5, 0.6) is 0 Å². The van der Waals surface area contributed by atoms with Crippen molar-refractivity contribution in [3.63, 3.8) is 0 Å². The third-order valence-electron chi connectivity index (χ3n) is 2.77. The van der Waals surface area contributed by atoms with E-state index in [1.165, 1.54) is 11.0 Å². The summed E-state index contributed by atoms with van der Waals surface area (Å²) in [7, 11) is 1.59. The fraction of sp³-hybridized carbons (Fsp3) is 0.0714. The van der Waals surface area contributed by atoms with Crippen molar-refractivity contribution in [1.82, 2.24) is 0 Å². The highest BCUT2D eigenvalue weighted by atomic mass is 79.9. The van der Waals surface area contributed by atoms with E-state index in [9.17, 15) is 9.18 Å². The number of hydrogen-bond donors (Lipinski definition) is 1. The number of rotatable bonds is 2. The number of nitrogens with two attached hydrogens (primary N) is 1. The number of carbonyl (C=O) groups is 1. The second kappa shape index (κ2) is 5.40. The topological polar surface area (TPSA) is 46.3 Å². The Morgan fingerprint density at radius 2 is 1.84 bits per heavy atom.